The van der Waals surface area contributed by atoms with Gasteiger partial charge < -0.3 is 19.6 Å². The fourth-order valence-electron chi connectivity index (χ4n) is 2.66. The summed E-state index contributed by atoms with van der Waals surface area (Å²) in [7, 11) is 1.55. The SMILES string of the molecule is CCCc1occc1C(=O)NCC(Cc1ccccc1OC)C(=O)O. The van der Waals surface area contributed by atoms with Gasteiger partial charge in [-0.05, 0) is 30.5 Å². The van der Waals surface area contributed by atoms with Crippen LogP contribution in [0.4, 0.5) is 0 Å². The summed E-state index contributed by atoms with van der Waals surface area (Å²) < 4.78 is 10.6. The Morgan fingerprint density at radius 3 is 2.72 bits per heavy atom. The van der Waals surface area contributed by atoms with Gasteiger partial charge in [-0.15, -0.1) is 0 Å². The van der Waals surface area contributed by atoms with Crippen LogP contribution < -0.4 is 10.1 Å². The number of furan rings is 1. The zero-order chi connectivity index (χ0) is 18.2. The third kappa shape index (κ3) is 4.86. The summed E-state index contributed by atoms with van der Waals surface area (Å²) in [5.41, 5.74) is 1.25. The molecule has 0 aliphatic rings. The Bertz CT molecular complexity index is 722. The Morgan fingerprint density at radius 2 is 2.04 bits per heavy atom. The average Bonchev–Trinajstić information content (AvgIpc) is 3.07. The van der Waals surface area contributed by atoms with Crippen molar-refractivity contribution in [2.45, 2.75) is 26.2 Å². The van der Waals surface area contributed by atoms with E-state index in [-0.39, 0.29) is 18.9 Å². The number of carbonyl (C=O) groups excluding carboxylic acids is 1. The van der Waals surface area contributed by atoms with Gasteiger partial charge in [-0.3, -0.25) is 9.59 Å². The van der Waals surface area contributed by atoms with Crippen LogP contribution in [0.5, 0.6) is 5.75 Å². The molecule has 1 unspecified atom stereocenters. The summed E-state index contributed by atoms with van der Waals surface area (Å²) in [5, 5.41) is 12.2. The molecule has 0 aliphatic carbocycles. The lowest BCUT2D eigenvalue weighted by Crippen LogP contribution is -2.34. The highest BCUT2D eigenvalue weighted by Crippen LogP contribution is 2.21. The van der Waals surface area contributed by atoms with Gasteiger partial charge in [0.05, 0.1) is 24.9 Å². The first-order chi connectivity index (χ1) is 12.1. The van der Waals surface area contributed by atoms with E-state index in [0.29, 0.717) is 23.5 Å². The van der Waals surface area contributed by atoms with E-state index in [1.807, 2.05) is 25.1 Å². The number of aliphatic carboxylic acids is 1. The molecule has 2 N–H and O–H groups in total. The normalized spacial score (nSPS) is 11.8. The Labute approximate surface area is 146 Å². The second-order valence-corrected chi connectivity index (χ2v) is 5.77. The van der Waals surface area contributed by atoms with Gasteiger partial charge in [-0.25, -0.2) is 0 Å². The summed E-state index contributed by atoms with van der Waals surface area (Å²) in [5.74, 6) is -0.769. The molecule has 6 heteroatoms. The molecule has 1 atom stereocenters. The molecule has 0 saturated carbocycles. The first kappa shape index (κ1) is 18.6. The quantitative estimate of drug-likeness (QED) is 0.729. The van der Waals surface area contributed by atoms with Crippen LogP contribution in [0.15, 0.2) is 41.0 Å². The van der Waals surface area contributed by atoms with Crippen molar-refractivity contribution in [1.29, 1.82) is 0 Å². The summed E-state index contributed by atoms with van der Waals surface area (Å²) in [6.45, 7) is 2.03. The number of carboxylic acids is 1. The van der Waals surface area contributed by atoms with Crippen LogP contribution in [0.1, 0.15) is 35.0 Å². The largest absolute Gasteiger partial charge is 0.496 e. The molecule has 0 radical (unpaired) electrons. The number of nitrogens with one attached hydrogen (secondary N) is 1. The van der Waals surface area contributed by atoms with E-state index >= 15 is 0 Å². The minimum absolute atomic E-state index is 0.0307. The Hall–Kier alpha value is -2.76. The minimum Gasteiger partial charge on any atom is -0.496 e. The fourth-order valence-corrected chi connectivity index (χ4v) is 2.66. The number of aryl methyl sites for hydroxylation is 1. The zero-order valence-electron chi connectivity index (χ0n) is 14.5. The Balaban J connectivity index is 2.03. The van der Waals surface area contributed by atoms with Crippen molar-refractivity contribution in [2.75, 3.05) is 13.7 Å². The van der Waals surface area contributed by atoms with Crippen LogP contribution in [-0.4, -0.2) is 30.6 Å². The molecular formula is C19H23NO5. The third-order valence-electron chi connectivity index (χ3n) is 3.98. The smallest absolute Gasteiger partial charge is 0.308 e. The second-order valence-electron chi connectivity index (χ2n) is 5.77. The summed E-state index contributed by atoms with van der Waals surface area (Å²) in [6, 6.07) is 8.88. The van der Waals surface area contributed by atoms with Crippen LogP contribution in [0.25, 0.3) is 0 Å². The number of ether oxygens (including phenoxy) is 1. The number of hydrogen-bond donors (Lipinski definition) is 2. The molecule has 134 valence electrons. The maximum atomic E-state index is 12.3. The maximum Gasteiger partial charge on any atom is 0.308 e. The lowest BCUT2D eigenvalue weighted by atomic mass is 9.98. The van der Waals surface area contributed by atoms with E-state index in [9.17, 15) is 14.7 Å². The molecule has 1 aromatic carbocycles. The molecule has 2 aromatic rings. The molecule has 0 saturated heterocycles. The molecule has 0 bridgehead atoms. The number of amides is 1. The summed E-state index contributed by atoms with van der Waals surface area (Å²) >= 11 is 0. The van der Waals surface area contributed by atoms with Gasteiger partial charge in [0.25, 0.3) is 5.91 Å². The number of hydrogen-bond acceptors (Lipinski definition) is 4. The van der Waals surface area contributed by atoms with Gasteiger partial charge in [-0.2, -0.15) is 0 Å². The molecule has 0 fully saturated rings. The predicted octanol–water partition coefficient (Wildman–Crippen LogP) is 2.91. The zero-order valence-corrected chi connectivity index (χ0v) is 14.5. The number of rotatable bonds is 9. The highest BCUT2D eigenvalue weighted by atomic mass is 16.5. The molecule has 1 aromatic heterocycles. The van der Waals surface area contributed by atoms with Crippen molar-refractivity contribution in [3.05, 3.63) is 53.5 Å². The number of para-hydroxylation sites is 1. The highest BCUT2D eigenvalue weighted by molar-refractivity contribution is 5.95. The summed E-state index contributed by atoms with van der Waals surface area (Å²) in [6.07, 6.45) is 3.27. The Kier molecular flexibility index (Phi) is 6.62. The number of methoxy groups -OCH3 is 1. The maximum absolute atomic E-state index is 12.3. The minimum atomic E-state index is -0.966. The molecule has 0 spiro atoms. The van der Waals surface area contributed by atoms with Gasteiger partial charge in [0.1, 0.15) is 11.5 Å². The summed E-state index contributed by atoms with van der Waals surface area (Å²) in [4.78, 5) is 23.9. The van der Waals surface area contributed by atoms with Gasteiger partial charge in [0.15, 0.2) is 0 Å². The van der Waals surface area contributed by atoms with E-state index in [1.165, 1.54) is 6.26 Å². The van der Waals surface area contributed by atoms with E-state index in [4.69, 9.17) is 9.15 Å². The molecule has 6 nitrogen and oxygen atoms in total. The van der Waals surface area contributed by atoms with Crippen LogP contribution in [0, 0.1) is 5.92 Å². The first-order valence-corrected chi connectivity index (χ1v) is 8.26. The van der Waals surface area contributed by atoms with Crippen molar-refractivity contribution < 1.29 is 23.8 Å². The first-order valence-electron chi connectivity index (χ1n) is 8.26. The van der Waals surface area contributed by atoms with E-state index in [0.717, 1.165) is 12.0 Å². The number of benzene rings is 1. The lowest BCUT2D eigenvalue weighted by molar-refractivity contribution is -0.141. The van der Waals surface area contributed by atoms with Crippen LogP contribution in [0.3, 0.4) is 0 Å². The van der Waals surface area contributed by atoms with Crippen molar-refractivity contribution in [3.63, 3.8) is 0 Å². The van der Waals surface area contributed by atoms with Gasteiger partial charge >= 0.3 is 5.97 Å². The van der Waals surface area contributed by atoms with Crippen LogP contribution in [-0.2, 0) is 17.6 Å². The van der Waals surface area contributed by atoms with Crippen LogP contribution >= 0.6 is 0 Å². The van der Waals surface area contributed by atoms with Crippen molar-refractivity contribution >= 4 is 11.9 Å². The van der Waals surface area contributed by atoms with Gasteiger partial charge in [-0.1, -0.05) is 25.1 Å². The number of carboxylic acid groups (broad SMARTS) is 1. The van der Waals surface area contributed by atoms with Gasteiger partial charge in [0, 0.05) is 13.0 Å². The van der Waals surface area contributed by atoms with E-state index in [2.05, 4.69) is 5.32 Å². The molecular weight excluding hydrogens is 322 g/mol. The highest BCUT2D eigenvalue weighted by Gasteiger charge is 2.22. The second kappa shape index (κ2) is 8.92. The third-order valence-corrected chi connectivity index (χ3v) is 3.98. The molecule has 1 heterocycles. The molecule has 25 heavy (non-hydrogen) atoms. The van der Waals surface area contributed by atoms with Gasteiger partial charge in [0.2, 0.25) is 0 Å². The molecule has 2 rings (SSSR count). The monoisotopic (exact) mass is 345 g/mol. The van der Waals surface area contributed by atoms with Crippen molar-refractivity contribution in [1.82, 2.24) is 5.32 Å². The van der Waals surface area contributed by atoms with E-state index in [1.54, 1.807) is 19.2 Å². The van der Waals surface area contributed by atoms with Crippen molar-refractivity contribution in [2.24, 2.45) is 5.92 Å². The van der Waals surface area contributed by atoms with Crippen LogP contribution in [0.2, 0.25) is 0 Å². The predicted molar refractivity (Wildman–Crippen MR) is 92.9 cm³/mol. The molecule has 0 aliphatic heterocycles. The van der Waals surface area contributed by atoms with E-state index < -0.39 is 11.9 Å². The standard InChI is InChI=1S/C19H23NO5/c1-3-6-17-15(9-10-25-17)18(21)20-12-14(19(22)23)11-13-7-4-5-8-16(13)24-2/h4-5,7-10,14H,3,6,11-12H2,1-2H3,(H,20,21)(H,22,23). The number of carbonyl (C=O) groups is 2. The topological polar surface area (TPSA) is 88.8 Å². The molecule has 1 amide bonds. The lowest BCUT2D eigenvalue weighted by Gasteiger charge is -2.15. The average molecular weight is 345 g/mol. The Morgan fingerprint density at radius 1 is 1.28 bits per heavy atom. The van der Waals surface area contributed by atoms with Crippen molar-refractivity contribution in [3.8, 4) is 5.75 Å². The fraction of sp³-hybridized carbons (Fsp3) is 0.368.